The van der Waals surface area contributed by atoms with Gasteiger partial charge in [0, 0.05) is 6.54 Å². The minimum absolute atomic E-state index is 0.0146. The highest BCUT2D eigenvalue weighted by atomic mass is 32.2. The summed E-state index contributed by atoms with van der Waals surface area (Å²) in [4.78, 5) is 4.08. The molecule has 0 spiro atoms. The smallest absolute Gasteiger partial charge is 0.207 e. The molecule has 3 aromatic carbocycles. The number of hydrogen-bond acceptors (Lipinski definition) is 2. The van der Waals surface area contributed by atoms with Crippen LogP contribution in [-0.2, 0) is 20.9 Å². The highest BCUT2D eigenvalue weighted by Crippen LogP contribution is 2.30. The molecule has 1 N–H and O–H groups in total. The molecule has 0 aliphatic carbocycles. The highest BCUT2D eigenvalue weighted by Gasteiger charge is 2.45. The van der Waals surface area contributed by atoms with Gasteiger partial charge >= 0.3 is 15.5 Å². The van der Waals surface area contributed by atoms with Crippen LogP contribution in [-0.4, -0.2) is 20.5 Å². The number of benzene rings is 3. The standard InChI is InChI=1S/C18H15S.C5H10F3NO2S/c1-4-10-16(11-5-1)19(17-12-6-2-7-13-17)18-14-8-3-9-15-18;1-2-3-4-9-12(10,11)5(6,7)8/h1-15H;9H,2-4H2,1H3/q+1;. The Kier molecular flexibility index (Phi) is 9.61. The van der Waals surface area contributed by atoms with E-state index >= 15 is 0 Å². The summed E-state index contributed by atoms with van der Waals surface area (Å²) in [5.74, 6) is 0. The number of sulfonamides is 1. The van der Waals surface area contributed by atoms with E-state index in [1.165, 1.54) is 19.4 Å². The molecular weight excluding hydrogens is 443 g/mol. The lowest BCUT2D eigenvalue weighted by Crippen LogP contribution is -2.36. The first-order chi connectivity index (χ1) is 14.8. The molecule has 0 radical (unpaired) electrons. The summed E-state index contributed by atoms with van der Waals surface area (Å²) in [5, 5.41) is 0. The van der Waals surface area contributed by atoms with Crippen LogP contribution in [0.3, 0.4) is 0 Å². The second-order valence-corrected chi connectivity index (χ2v) is 10.2. The molecule has 0 aliphatic heterocycles. The molecule has 3 nitrogen and oxygen atoms in total. The van der Waals surface area contributed by atoms with Crippen molar-refractivity contribution in [2.45, 2.75) is 40.0 Å². The van der Waals surface area contributed by atoms with E-state index in [0.29, 0.717) is 12.8 Å². The first-order valence-corrected chi connectivity index (χ1v) is 12.4. The summed E-state index contributed by atoms with van der Waals surface area (Å²) in [7, 11) is -5.13. The fourth-order valence-corrected chi connectivity index (χ4v) is 5.22. The van der Waals surface area contributed by atoms with Gasteiger partial charge in [-0.3, -0.25) is 0 Å². The molecule has 0 heterocycles. The molecule has 0 amide bonds. The third-order valence-electron chi connectivity index (χ3n) is 4.06. The summed E-state index contributed by atoms with van der Waals surface area (Å²) < 4.78 is 56.9. The quantitative estimate of drug-likeness (QED) is 0.341. The maximum atomic E-state index is 11.6. The molecule has 0 saturated carbocycles. The van der Waals surface area contributed by atoms with Gasteiger partial charge in [-0.2, -0.15) is 13.2 Å². The van der Waals surface area contributed by atoms with E-state index in [1.807, 2.05) is 0 Å². The summed E-state index contributed by atoms with van der Waals surface area (Å²) in [6.45, 7) is 1.58. The van der Waals surface area contributed by atoms with Gasteiger partial charge in [0.15, 0.2) is 14.7 Å². The minimum Gasteiger partial charge on any atom is -0.207 e. The van der Waals surface area contributed by atoms with Gasteiger partial charge in [-0.15, -0.1) is 0 Å². The van der Waals surface area contributed by atoms with Gasteiger partial charge < -0.3 is 0 Å². The Hall–Kier alpha value is -2.29. The van der Waals surface area contributed by atoms with Crippen molar-refractivity contribution in [3.8, 4) is 0 Å². The van der Waals surface area contributed by atoms with Crippen LogP contribution in [0.2, 0.25) is 0 Å². The van der Waals surface area contributed by atoms with Crippen molar-refractivity contribution in [1.82, 2.24) is 4.72 Å². The number of hydrogen-bond donors (Lipinski definition) is 1. The zero-order chi connectivity index (χ0) is 22.7. The molecule has 0 aliphatic rings. The van der Waals surface area contributed by atoms with E-state index in [1.54, 1.807) is 6.92 Å². The zero-order valence-electron chi connectivity index (χ0n) is 17.0. The number of alkyl halides is 3. The highest BCUT2D eigenvalue weighted by molar-refractivity contribution is 7.97. The van der Waals surface area contributed by atoms with Crippen molar-refractivity contribution in [2.75, 3.05) is 6.54 Å². The van der Waals surface area contributed by atoms with E-state index in [0.717, 1.165) is 0 Å². The number of rotatable bonds is 7. The largest absolute Gasteiger partial charge is 0.511 e. The Balaban J connectivity index is 0.000000248. The Bertz CT molecular complexity index is 903. The van der Waals surface area contributed by atoms with Gasteiger partial charge in [0.05, 0.1) is 10.9 Å². The lowest BCUT2D eigenvalue weighted by Gasteiger charge is -2.08. The van der Waals surface area contributed by atoms with Crippen LogP contribution in [0.5, 0.6) is 0 Å². The fraction of sp³-hybridized carbons (Fsp3) is 0.217. The minimum atomic E-state index is -5.19. The van der Waals surface area contributed by atoms with Gasteiger partial charge in [-0.25, -0.2) is 13.1 Å². The Morgan fingerprint density at radius 1 is 0.742 bits per heavy atom. The molecule has 3 aromatic rings. The average molecular weight is 469 g/mol. The molecule has 3 rings (SSSR count). The van der Waals surface area contributed by atoms with Crippen LogP contribution in [0, 0.1) is 0 Å². The van der Waals surface area contributed by atoms with Gasteiger partial charge in [0.1, 0.15) is 0 Å². The van der Waals surface area contributed by atoms with Gasteiger partial charge in [0.2, 0.25) is 0 Å². The summed E-state index contributed by atoms with van der Waals surface area (Å²) in [6.07, 6.45) is 1.04. The van der Waals surface area contributed by atoms with E-state index in [4.69, 9.17) is 0 Å². The van der Waals surface area contributed by atoms with Crippen LogP contribution in [0.1, 0.15) is 19.8 Å². The van der Waals surface area contributed by atoms with Crippen molar-refractivity contribution in [2.24, 2.45) is 0 Å². The van der Waals surface area contributed by atoms with Crippen LogP contribution in [0.15, 0.2) is 106 Å². The predicted octanol–water partition coefficient (Wildman–Crippen LogP) is 6.01. The summed E-state index contributed by atoms with van der Waals surface area (Å²) >= 11 is 0. The molecule has 0 aromatic heterocycles. The normalized spacial score (nSPS) is 11.6. The Morgan fingerprint density at radius 3 is 1.39 bits per heavy atom. The first-order valence-electron chi connectivity index (χ1n) is 9.71. The number of unbranched alkanes of at least 4 members (excludes halogenated alkanes) is 1. The number of nitrogens with one attached hydrogen (secondary N) is 1. The van der Waals surface area contributed by atoms with Crippen LogP contribution >= 0.6 is 0 Å². The van der Waals surface area contributed by atoms with Crippen LogP contribution < -0.4 is 4.72 Å². The van der Waals surface area contributed by atoms with Crippen molar-refractivity contribution >= 4 is 20.9 Å². The molecular formula is C23H25F3NO2S2+. The second-order valence-electron chi connectivity index (χ2n) is 6.44. The molecule has 0 unspecified atom stereocenters. The van der Waals surface area contributed by atoms with Crippen molar-refractivity contribution < 1.29 is 21.6 Å². The SMILES string of the molecule is CCCCNS(=O)(=O)C(F)(F)F.c1ccc([S+](c2ccccc2)c2ccccc2)cc1. The summed E-state index contributed by atoms with van der Waals surface area (Å²) in [5.41, 5.74) is -5.19. The lowest BCUT2D eigenvalue weighted by atomic mass is 10.3. The van der Waals surface area contributed by atoms with Crippen LogP contribution in [0.4, 0.5) is 13.2 Å². The maximum Gasteiger partial charge on any atom is 0.511 e. The second kappa shape index (κ2) is 11.9. The van der Waals surface area contributed by atoms with Crippen molar-refractivity contribution in [3.05, 3.63) is 91.0 Å². The van der Waals surface area contributed by atoms with E-state index in [2.05, 4.69) is 91.0 Å². The number of halogens is 3. The van der Waals surface area contributed by atoms with E-state index in [9.17, 15) is 21.6 Å². The van der Waals surface area contributed by atoms with Crippen molar-refractivity contribution in [3.63, 3.8) is 0 Å². The molecule has 0 atom stereocenters. The molecule has 0 bridgehead atoms. The van der Waals surface area contributed by atoms with E-state index in [-0.39, 0.29) is 17.4 Å². The topological polar surface area (TPSA) is 46.2 Å². The molecule has 0 fully saturated rings. The first kappa shape index (κ1) is 25.0. The van der Waals surface area contributed by atoms with Gasteiger partial charge in [0.25, 0.3) is 0 Å². The van der Waals surface area contributed by atoms with Crippen LogP contribution in [0.25, 0.3) is 0 Å². The molecule has 8 heteroatoms. The molecule has 166 valence electrons. The van der Waals surface area contributed by atoms with Gasteiger partial charge in [-0.1, -0.05) is 67.9 Å². The Morgan fingerprint density at radius 2 is 1.10 bits per heavy atom. The monoisotopic (exact) mass is 468 g/mol. The summed E-state index contributed by atoms with van der Waals surface area (Å²) in [6, 6.07) is 32.2. The zero-order valence-corrected chi connectivity index (χ0v) is 18.7. The average Bonchev–Trinajstić information content (AvgIpc) is 2.76. The van der Waals surface area contributed by atoms with E-state index < -0.39 is 15.5 Å². The molecule has 0 saturated heterocycles. The fourth-order valence-electron chi connectivity index (χ4n) is 2.54. The lowest BCUT2D eigenvalue weighted by molar-refractivity contribution is -0.0447. The van der Waals surface area contributed by atoms with Gasteiger partial charge in [-0.05, 0) is 42.8 Å². The maximum absolute atomic E-state index is 11.6. The predicted molar refractivity (Wildman–Crippen MR) is 119 cm³/mol. The van der Waals surface area contributed by atoms with Crippen molar-refractivity contribution in [1.29, 1.82) is 0 Å². The Labute approximate surface area is 184 Å². The third-order valence-corrected chi connectivity index (χ3v) is 7.49. The third kappa shape index (κ3) is 7.72. The molecule has 31 heavy (non-hydrogen) atoms.